The van der Waals surface area contributed by atoms with Gasteiger partial charge in [0.05, 0.1) is 19.6 Å². The first-order chi connectivity index (χ1) is 12.7. The molecule has 2 saturated heterocycles. The number of benzene rings is 1. The van der Waals surface area contributed by atoms with Crippen molar-refractivity contribution in [3.8, 4) is 11.5 Å². The third-order valence-corrected chi connectivity index (χ3v) is 5.85. The molecule has 1 aromatic carbocycles. The molecule has 0 aliphatic carbocycles. The molecular weight excluding hydrogens is 332 g/mol. The average molecular weight is 361 g/mol. The van der Waals surface area contributed by atoms with E-state index < -0.39 is 0 Å². The van der Waals surface area contributed by atoms with Crippen LogP contribution in [-0.4, -0.2) is 56.0 Å². The van der Waals surface area contributed by atoms with Gasteiger partial charge < -0.3 is 24.0 Å². The SMILES string of the molecule is CC[NH+]1CCC[C@@H]1CN(Cc1ccc2c(c1)OCO2)C(=O)[C@@H]1CCCO1. The van der Waals surface area contributed by atoms with Crippen molar-refractivity contribution in [2.45, 2.75) is 51.3 Å². The van der Waals surface area contributed by atoms with Crippen LogP contribution in [0.4, 0.5) is 0 Å². The van der Waals surface area contributed by atoms with E-state index in [1.54, 1.807) is 4.90 Å². The van der Waals surface area contributed by atoms with Crippen molar-refractivity contribution in [2.24, 2.45) is 0 Å². The molecule has 0 aromatic heterocycles. The van der Waals surface area contributed by atoms with E-state index in [0.29, 0.717) is 19.2 Å². The molecule has 3 aliphatic rings. The van der Waals surface area contributed by atoms with E-state index >= 15 is 0 Å². The summed E-state index contributed by atoms with van der Waals surface area (Å²) in [6, 6.07) is 6.49. The number of nitrogens with one attached hydrogen (secondary N) is 1. The molecule has 4 rings (SSSR count). The number of ether oxygens (including phenoxy) is 3. The third-order valence-electron chi connectivity index (χ3n) is 5.85. The van der Waals surface area contributed by atoms with Crippen LogP contribution in [0, 0.1) is 0 Å². The second kappa shape index (κ2) is 7.84. The van der Waals surface area contributed by atoms with Crippen LogP contribution >= 0.6 is 0 Å². The summed E-state index contributed by atoms with van der Waals surface area (Å²) in [5.74, 6) is 1.69. The Morgan fingerprint density at radius 1 is 1.23 bits per heavy atom. The van der Waals surface area contributed by atoms with E-state index in [-0.39, 0.29) is 18.8 Å². The molecule has 2 fully saturated rings. The minimum atomic E-state index is -0.268. The van der Waals surface area contributed by atoms with Crippen molar-refractivity contribution in [1.82, 2.24) is 4.90 Å². The lowest BCUT2D eigenvalue weighted by atomic mass is 10.1. The summed E-state index contributed by atoms with van der Waals surface area (Å²) in [6.07, 6.45) is 3.99. The van der Waals surface area contributed by atoms with E-state index in [1.807, 2.05) is 23.1 Å². The molecule has 0 saturated carbocycles. The van der Waals surface area contributed by atoms with E-state index in [4.69, 9.17) is 14.2 Å². The van der Waals surface area contributed by atoms with Crippen LogP contribution in [0.25, 0.3) is 0 Å². The van der Waals surface area contributed by atoms with Gasteiger partial charge in [0.25, 0.3) is 5.91 Å². The maximum Gasteiger partial charge on any atom is 0.252 e. The van der Waals surface area contributed by atoms with Crippen molar-refractivity contribution in [3.05, 3.63) is 23.8 Å². The van der Waals surface area contributed by atoms with Gasteiger partial charge in [-0.15, -0.1) is 0 Å². The highest BCUT2D eigenvalue weighted by atomic mass is 16.7. The van der Waals surface area contributed by atoms with Gasteiger partial charge in [-0.3, -0.25) is 4.79 Å². The van der Waals surface area contributed by atoms with Gasteiger partial charge in [0.1, 0.15) is 12.1 Å². The Morgan fingerprint density at radius 3 is 2.92 bits per heavy atom. The zero-order chi connectivity index (χ0) is 17.9. The largest absolute Gasteiger partial charge is 0.454 e. The summed E-state index contributed by atoms with van der Waals surface area (Å²) < 4.78 is 16.6. The summed E-state index contributed by atoms with van der Waals surface area (Å²) in [7, 11) is 0. The Balaban J connectivity index is 1.50. The Labute approximate surface area is 155 Å². The number of carbonyl (C=O) groups is 1. The molecule has 1 N–H and O–H groups in total. The number of quaternary nitrogens is 1. The van der Waals surface area contributed by atoms with Gasteiger partial charge in [-0.2, -0.15) is 0 Å². The van der Waals surface area contributed by atoms with Gasteiger partial charge in [-0.05, 0) is 37.5 Å². The van der Waals surface area contributed by atoms with E-state index in [9.17, 15) is 4.79 Å². The molecule has 1 unspecified atom stereocenters. The lowest BCUT2D eigenvalue weighted by Gasteiger charge is -2.30. The normalized spacial score (nSPS) is 27.0. The highest BCUT2D eigenvalue weighted by molar-refractivity contribution is 5.81. The molecule has 0 spiro atoms. The fraction of sp³-hybridized carbons (Fsp3) is 0.650. The van der Waals surface area contributed by atoms with Gasteiger partial charge >= 0.3 is 0 Å². The van der Waals surface area contributed by atoms with Gasteiger partial charge in [0.2, 0.25) is 6.79 Å². The predicted molar refractivity (Wildman–Crippen MR) is 96.3 cm³/mol. The van der Waals surface area contributed by atoms with Crippen molar-refractivity contribution >= 4 is 5.91 Å². The molecule has 3 aliphatic heterocycles. The average Bonchev–Trinajstić information content (AvgIpc) is 3.40. The summed E-state index contributed by atoms with van der Waals surface area (Å²) >= 11 is 0. The van der Waals surface area contributed by atoms with Crippen molar-refractivity contribution < 1.29 is 23.9 Å². The Kier molecular flexibility index (Phi) is 5.31. The van der Waals surface area contributed by atoms with Gasteiger partial charge in [-0.25, -0.2) is 0 Å². The van der Waals surface area contributed by atoms with Crippen LogP contribution in [0.15, 0.2) is 18.2 Å². The molecule has 1 aromatic rings. The maximum atomic E-state index is 13.1. The van der Waals surface area contributed by atoms with Crippen LogP contribution in [0.5, 0.6) is 11.5 Å². The molecule has 6 heteroatoms. The van der Waals surface area contributed by atoms with E-state index in [2.05, 4.69) is 6.92 Å². The van der Waals surface area contributed by atoms with Crippen LogP contribution in [0.3, 0.4) is 0 Å². The Bertz CT molecular complexity index is 645. The van der Waals surface area contributed by atoms with Crippen LogP contribution in [0.1, 0.15) is 38.2 Å². The fourth-order valence-electron chi connectivity index (χ4n) is 4.40. The van der Waals surface area contributed by atoms with Gasteiger partial charge in [-0.1, -0.05) is 6.07 Å². The highest BCUT2D eigenvalue weighted by Crippen LogP contribution is 2.33. The molecule has 3 heterocycles. The maximum absolute atomic E-state index is 13.1. The topological polar surface area (TPSA) is 52.4 Å². The lowest BCUT2D eigenvalue weighted by Crippen LogP contribution is -3.14. The van der Waals surface area contributed by atoms with Gasteiger partial charge in [0.15, 0.2) is 11.5 Å². The van der Waals surface area contributed by atoms with Gasteiger partial charge in [0, 0.05) is 26.0 Å². The Morgan fingerprint density at radius 2 is 2.12 bits per heavy atom. The predicted octanol–water partition coefficient (Wildman–Crippen LogP) is 0.990. The fourth-order valence-corrected chi connectivity index (χ4v) is 4.40. The van der Waals surface area contributed by atoms with E-state index in [1.165, 1.54) is 19.4 Å². The number of fused-ring (bicyclic) bond motifs is 1. The summed E-state index contributed by atoms with van der Waals surface area (Å²) in [6.45, 7) is 6.94. The second-order valence-corrected chi connectivity index (χ2v) is 7.51. The zero-order valence-electron chi connectivity index (χ0n) is 15.5. The standard InChI is InChI=1S/C20H28N2O4/c1-2-21-9-3-5-16(21)13-22(20(23)18-6-4-10-24-18)12-15-7-8-17-19(11-15)26-14-25-17/h7-8,11,16,18H,2-6,9-10,12-14H2,1H3/p+1/t16-,18+/m1/s1. The number of rotatable bonds is 6. The second-order valence-electron chi connectivity index (χ2n) is 7.51. The Hall–Kier alpha value is -1.79. The lowest BCUT2D eigenvalue weighted by molar-refractivity contribution is -0.909. The zero-order valence-corrected chi connectivity index (χ0v) is 15.5. The molecule has 0 bridgehead atoms. The number of amides is 1. The monoisotopic (exact) mass is 361 g/mol. The molecule has 3 atom stereocenters. The van der Waals surface area contributed by atoms with Crippen molar-refractivity contribution in [3.63, 3.8) is 0 Å². The smallest absolute Gasteiger partial charge is 0.252 e. The number of hydrogen-bond acceptors (Lipinski definition) is 4. The molecular formula is C20H29N2O4+. The highest BCUT2D eigenvalue weighted by Gasteiger charge is 2.34. The quantitative estimate of drug-likeness (QED) is 0.821. The van der Waals surface area contributed by atoms with Crippen molar-refractivity contribution in [2.75, 3.05) is 33.0 Å². The van der Waals surface area contributed by atoms with Crippen LogP contribution < -0.4 is 14.4 Å². The van der Waals surface area contributed by atoms with Crippen LogP contribution in [0.2, 0.25) is 0 Å². The van der Waals surface area contributed by atoms with Crippen LogP contribution in [-0.2, 0) is 16.1 Å². The third kappa shape index (κ3) is 3.67. The summed E-state index contributed by atoms with van der Waals surface area (Å²) in [5.41, 5.74) is 1.08. The minimum Gasteiger partial charge on any atom is -0.454 e. The first kappa shape index (κ1) is 17.6. The number of hydrogen-bond donors (Lipinski definition) is 1. The summed E-state index contributed by atoms with van der Waals surface area (Å²) in [4.78, 5) is 16.7. The number of carbonyl (C=O) groups excluding carboxylic acids is 1. The summed E-state index contributed by atoms with van der Waals surface area (Å²) in [5, 5.41) is 0. The molecule has 142 valence electrons. The molecule has 26 heavy (non-hydrogen) atoms. The number of likely N-dealkylation sites (N-methyl/N-ethyl adjacent to an activating group) is 1. The molecule has 6 nitrogen and oxygen atoms in total. The minimum absolute atomic E-state index is 0.141. The molecule has 0 radical (unpaired) electrons. The number of likely N-dealkylation sites (tertiary alicyclic amines) is 1. The number of nitrogens with zero attached hydrogens (tertiary/aromatic N) is 1. The molecule has 1 amide bonds. The first-order valence-corrected chi connectivity index (χ1v) is 9.88. The first-order valence-electron chi connectivity index (χ1n) is 9.88. The van der Waals surface area contributed by atoms with E-state index in [0.717, 1.165) is 43.0 Å². The van der Waals surface area contributed by atoms with Crippen molar-refractivity contribution in [1.29, 1.82) is 0 Å².